The first-order valence-electron chi connectivity index (χ1n) is 7.46. The van der Waals surface area contributed by atoms with E-state index in [2.05, 4.69) is 11.8 Å². The minimum atomic E-state index is -0.191. The van der Waals surface area contributed by atoms with Crippen molar-refractivity contribution in [3.05, 3.63) is 35.6 Å². The summed E-state index contributed by atoms with van der Waals surface area (Å²) in [5.41, 5.74) is 6.77. The van der Waals surface area contributed by atoms with Crippen LogP contribution in [0.4, 0.5) is 4.39 Å². The zero-order valence-electron chi connectivity index (χ0n) is 11.8. The fraction of sp³-hybridized carbons (Fsp3) is 0.625. The van der Waals surface area contributed by atoms with Gasteiger partial charge < -0.3 is 10.6 Å². The lowest BCUT2D eigenvalue weighted by Gasteiger charge is -2.23. The lowest BCUT2D eigenvalue weighted by molar-refractivity contribution is 0.249. The van der Waals surface area contributed by atoms with Crippen LogP contribution in [0.2, 0.25) is 0 Å². The van der Waals surface area contributed by atoms with Crippen molar-refractivity contribution in [2.75, 3.05) is 13.1 Å². The maximum Gasteiger partial charge on any atom is 0.127 e. The molecule has 1 unspecified atom stereocenters. The molecule has 0 amide bonds. The summed E-state index contributed by atoms with van der Waals surface area (Å²) in [6.07, 6.45) is 5.94. The second kappa shape index (κ2) is 7.01. The molecule has 2 rings (SSSR count). The number of unbranched alkanes of at least 4 members (excludes halogenated alkanes) is 1. The van der Waals surface area contributed by atoms with Gasteiger partial charge >= 0.3 is 0 Å². The molecule has 0 radical (unpaired) electrons. The molecule has 0 heterocycles. The van der Waals surface area contributed by atoms with Crippen LogP contribution in [0, 0.1) is 5.82 Å². The van der Waals surface area contributed by atoms with Gasteiger partial charge in [0, 0.05) is 24.2 Å². The van der Waals surface area contributed by atoms with E-state index in [1.54, 1.807) is 12.1 Å². The van der Waals surface area contributed by atoms with E-state index in [0.29, 0.717) is 5.56 Å². The molecule has 0 aliphatic heterocycles. The highest BCUT2D eigenvalue weighted by Crippen LogP contribution is 2.28. The highest BCUT2D eigenvalue weighted by atomic mass is 19.1. The van der Waals surface area contributed by atoms with Crippen LogP contribution in [0.15, 0.2) is 24.3 Å². The van der Waals surface area contributed by atoms with Gasteiger partial charge in [0.15, 0.2) is 0 Å². The monoisotopic (exact) mass is 264 g/mol. The van der Waals surface area contributed by atoms with Crippen LogP contribution >= 0.6 is 0 Å². The third-order valence-corrected chi connectivity index (χ3v) is 3.89. The molecule has 0 bridgehead atoms. The number of rotatable bonds is 8. The van der Waals surface area contributed by atoms with Crippen LogP contribution in [0.3, 0.4) is 0 Å². The number of nitrogens with two attached hydrogens (primary N) is 1. The lowest BCUT2D eigenvalue weighted by Crippen LogP contribution is -2.30. The van der Waals surface area contributed by atoms with Crippen LogP contribution < -0.4 is 5.73 Å². The molecule has 0 saturated heterocycles. The van der Waals surface area contributed by atoms with Crippen molar-refractivity contribution < 1.29 is 4.39 Å². The first-order chi connectivity index (χ1) is 9.22. The predicted octanol–water partition coefficient (Wildman–Crippen LogP) is 3.48. The molecule has 2 nitrogen and oxygen atoms in total. The second-order valence-corrected chi connectivity index (χ2v) is 5.54. The number of halogens is 1. The number of nitrogens with zero attached hydrogens (tertiary/aromatic N) is 1. The maximum absolute atomic E-state index is 13.6. The van der Waals surface area contributed by atoms with Gasteiger partial charge in [0.2, 0.25) is 0 Å². The average molecular weight is 264 g/mol. The van der Waals surface area contributed by atoms with E-state index in [0.717, 1.165) is 25.6 Å². The summed E-state index contributed by atoms with van der Waals surface area (Å²) in [7, 11) is 0. The van der Waals surface area contributed by atoms with Crippen LogP contribution in [-0.4, -0.2) is 24.0 Å². The smallest absolute Gasteiger partial charge is 0.127 e. The molecule has 106 valence electrons. The average Bonchev–Trinajstić information content (AvgIpc) is 3.23. The summed E-state index contributed by atoms with van der Waals surface area (Å²) in [5, 5.41) is 0. The van der Waals surface area contributed by atoms with Crippen LogP contribution in [0.1, 0.15) is 50.6 Å². The van der Waals surface area contributed by atoms with Crippen LogP contribution in [-0.2, 0) is 0 Å². The maximum atomic E-state index is 13.6. The van der Waals surface area contributed by atoms with Gasteiger partial charge in [0.05, 0.1) is 0 Å². The van der Waals surface area contributed by atoms with E-state index in [1.807, 2.05) is 6.07 Å². The Morgan fingerprint density at radius 2 is 2.05 bits per heavy atom. The molecule has 1 atom stereocenters. The van der Waals surface area contributed by atoms with E-state index < -0.39 is 0 Å². The van der Waals surface area contributed by atoms with E-state index in [-0.39, 0.29) is 11.9 Å². The number of hydrogen-bond acceptors (Lipinski definition) is 2. The van der Waals surface area contributed by atoms with Crippen LogP contribution in [0.5, 0.6) is 0 Å². The molecule has 0 spiro atoms. The van der Waals surface area contributed by atoms with E-state index >= 15 is 0 Å². The third kappa shape index (κ3) is 4.29. The van der Waals surface area contributed by atoms with Crippen molar-refractivity contribution in [3.8, 4) is 0 Å². The molecule has 1 aromatic rings. The minimum Gasteiger partial charge on any atom is -0.324 e. The Balaban J connectivity index is 1.84. The quantitative estimate of drug-likeness (QED) is 0.779. The fourth-order valence-corrected chi connectivity index (χ4v) is 2.51. The molecule has 2 N–H and O–H groups in total. The van der Waals surface area contributed by atoms with Crippen molar-refractivity contribution in [2.45, 2.75) is 51.1 Å². The Labute approximate surface area is 115 Å². The van der Waals surface area contributed by atoms with Gasteiger partial charge in [0.25, 0.3) is 0 Å². The van der Waals surface area contributed by atoms with E-state index in [4.69, 9.17) is 5.73 Å². The molecule has 1 aromatic carbocycles. The van der Waals surface area contributed by atoms with Crippen molar-refractivity contribution in [2.24, 2.45) is 5.73 Å². The summed E-state index contributed by atoms with van der Waals surface area (Å²) in [6.45, 7) is 4.36. The molecule has 1 aliphatic rings. The van der Waals surface area contributed by atoms with Crippen molar-refractivity contribution in [1.82, 2.24) is 4.90 Å². The highest BCUT2D eigenvalue weighted by Gasteiger charge is 2.28. The van der Waals surface area contributed by atoms with Crippen molar-refractivity contribution >= 4 is 0 Å². The predicted molar refractivity (Wildman–Crippen MR) is 77.4 cm³/mol. The first-order valence-corrected chi connectivity index (χ1v) is 7.46. The molecule has 19 heavy (non-hydrogen) atoms. The Bertz CT molecular complexity index is 390. The molecular weight excluding hydrogens is 239 g/mol. The molecule has 3 heteroatoms. The summed E-state index contributed by atoms with van der Waals surface area (Å²) in [5.74, 6) is -0.179. The zero-order chi connectivity index (χ0) is 13.7. The summed E-state index contributed by atoms with van der Waals surface area (Å²) >= 11 is 0. The van der Waals surface area contributed by atoms with Gasteiger partial charge in [-0.2, -0.15) is 0 Å². The molecule has 1 aliphatic carbocycles. The van der Waals surface area contributed by atoms with Gasteiger partial charge in [-0.15, -0.1) is 0 Å². The minimum absolute atomic E-state index is 0.179. The Morgan fingerprint density at radius 3 is 2.68 bits per heavy atom. The second-order valence-electron chi connectivity index (χ2n) is 5.54. The normalized spacial score (nSPS) is 16.8. The lowest BCUT2D eigenvalue weighted by atomic mass is 10.0. The number of benzene rings is 1. The molecule has 1 saturated carbocycles. The number of hydrogen-bond donors (Lipinski definition) is 1. The molecule has 0 aromatic heterocycles. The zero-order valence-corrected chi connectivity index (χ0v) is 11.8. The van der Waals surface area contributed by atoms with Gasteiger partial charge in [-0.3, -0.25) is 0 Å². The Kier molecular flexibility index (Phi) is 5.34. The third-order valence-electron chi connectivity index (χ3n) is 3.89. The topological polar surface area (TPSA) is 29.3 Å². The fourth-order valence-electron chi connectivity index (χ4n) is 2.51. The molecular formula is C16H25FN2. The Morgan fingerprint density at radius 1 is 1.32 bits per heavy atom. The van der Waals surface area contributed by atoms with Crippen molar-refractivity contribution in [3.63, 3.8) is 0 Å². The van der Waals surface area contributed by atoms with Crippen molar-refractivity contribution in [1.29, 1.82) is 0 Å². The summed E-state index contributed by atoms with van der Waals surface area (Å²) in [4.78, 5) is 2.53. The van der Waals surface area contributed by atoms with Crippen LogP contribution in [0.25, 0.3) is 0 Å². The summed E-state index contributed by atoms with van der Waals surface area (Å²) in [6, 6.07) is 7.43. The highest BCUT2D eigenvalue weighted by molar-refractivity contribution is 5.20. The van der Waals surface area contributed by atoms with E-state index in [1.165, 1.54) is 31.7 Å². The Hall–Kier alpha value is -0.930. The van der Waals surface area contributed by atoms with Gasteiger partial charge in [0.1, 0.15) is 5.82 Å². The van der Waals surface area contributed by atoms with Gasteiger partial charge in [-0.25, -0.2) is 4.39 Å². The van der Waals surface area contributed by atoms with Gasteiger partial charge in [-0.1, -0.05) is 31.5 Å². The van der Waals surface area contributed by atoms with Gasteiger partial charge in [-0.05, 0) is 38.3 Å². The molecule has 1 fully saturated rings. The SMILES string of the molecule is CCCCN(CCC(N)c1ccccc1F)C1CC1. The van der Waals surface area contributed by atoms with E-state index in [9.17, 15) is 4.39 Å². The standard InChI is InChI=1S/C16H25FN2/c1-2-3-11-19(13-8-9-13)12-10-16(18)14-6-4-5-7-15(14)17/h4-7,13,16H,2-3,8-12,18H2,1H3. The first kappa shape index (κ1) is 14.5. The summed E-state index contributed by atoms with van der Waals surface area (Å²) < 4.78 is 13.6. The largest absolute Gasteiger partial charge is 0.324 e.